The van der Waals surface area contributed by atoms with Crippen LogP contribution >= 0.6 is 0 Å². The normalized spacial score (nSPS) is 12.6. The molecular weight excluding hydrogens is 156 g/mol. The number of carbonyl (C=O) groups is 1. The van der Waals surface area contributed by atoms with Gasteiger partial charge >= 0.3 is 5.97 Å². The van der Waals surface area contributed by atoms with Gasteiger partial charge in [-0.3, -0.25) is 4.79 Å². The summed E-state index contributed by atoms with van der Waals surface area (Å²) in [6.45, 7) is 3.41. The Morgan fingerprint density at radius 3 is 2.58 bits per heavy atom. The van der Waals surface area contributed by atoms with Crippen molar-refractivity contribution in [3.05, 3.63) is 0 Å². The summed E-state index contributed by atoms with van der Waals surface area (Å²) in [5.74, 6) is -0.314. The third kappa shape index (κ3) is 6.16. The van der Waals surface area contributed by atoms with E-state index in [1.54, 1.807) is 0 Å². The third-order valence-electron chi connectivity index (χ3n) is 1.67. The molecule has 0 rings (SSSR count). The molecule has 0 saturated heterocycles. The highest BCUT2D eigenvalue weighted by Crippen LogP contribution is 2.06. The third-order valence-corrected chi connectivity index (χ3v) is 1.67. The molecule has 0 amide bonds. The van der Waals surface area contributed by atoms with E-state index in [1.807, 2.05) is 0 Å². The smallest absolute Gasteiger partial charge is 0.302 e. The minimum Gasteiger partial charge on any atom is -0.460 e. The second-order valence-electron chi connectivity index (χ2n) is 2.91. The molecule has 12 heavy (non-hydrogen) atoms. The van der Waals surface area contributed by atoms with Crippen molar-refractivity contribution in [3.63, 3.8) is 0 Å². The number of esters is 1. The molecule has 0 saturated carbocycles. The lowest BCUT2D eigenvalue weighted by Crippen LogP contribution is -2.20. The minimum absolute atomic E-state index is 0.0662. The molecule has 0 fully saturated rings. The van der Waals surface area contributed by atoms with Gasteiger partial charge in [-0.05, 0) is 12.8 Å². The van der Waals surface area contributed by atoms with E-state index in [2.05, 4.69) is 6.92 Å². The van der Waals surface area contributed by atoms with Crippen LogP contribution in [-0.4, -0.2) is 23.8 Å². The lowest BCUT2D eigenvalue weighted by Gasteiger charge is -2.13. The Balaban J connectivity index is 3.46. The van der Waals surface area contributed by atoms with Gasteiger partial charge in [0.05, 0.1) is 6.61 Å². The van der Waals surface area contributed by atoms with Crippen molar-refractivity contribution in [2.75, 3.05) is 6.61 Å². The predicted octanol–water partition coefficient (Wildman–Crippen LogP) is 1.49. The number of aliphatic hydroxyl groups is 1. The molecule has 0 radical (unpaired) electrons. The Hall–Kier alpha value is -0.570. The zero-order chi connectivity index (χ0) is 9.40. The van der Waals surface area contributed by atoms with Gasteiger partial charge in [0, 0.05) is 6.92 Å². The van der Waals surface area contributed by atoms with Crippen molar-refractivity contribution in [1.82, 2.24) is 0 Å². The van der Waals surface area contributed by atoms with Crippen LogP contribution < -0.4 is 0 Å². The fraction of sp³-hybridized carbons (Fsp3) is 0.889. The highest BCUT2D eigenvalue weighted by molar-refractivity contribution is 5.66. The summed E-state index contributed by atoms with van der Waals surface area (Å²) in [6.07, 6.45) is 3.74. The van der Waals surface area contributed by atoms with Crippen molar-refractivity contribution in [1.29, 1.82) is 0 Å². The van der Waals surface area contributed by atoms with Crippen LogP contribution in [0.1, 0.15) is 39.5 Å². The summed E-state index contributed by atoms with van der Waals surface area (Å²) in [4.78, 5) is 10.5. The zero-order valence-corrected chi connectivity index (χ0v) is 7.88. The molecule has 0 aliphatic heterocycles. The Kier molecular flexibility index (Phi) is 6.76. The monoisotopic (exact) mass is 174 g/mol. The number of unbranched alkanes of at least 4 members (excludes halogenated alkanes) is 2. The van der Waals surface area contributed by atoms with Crippen LogP contribution in [0.4, 0.5) is 0 Å². The molecule has 3 heteroatoms. The van der Waals surface area contributed by atoms with Gasteiger partial charge in [0.1, 0.15) is 6.10 Å². The molecule has 0 aliphatic carbocycles. The summed E-state index contributed by atoms with van der Waals surface area (Å²) >= 11 is 0. The molecule has 72 valence electrons. The first-order chi connectivity index (χ1) is 5.70. The maximum absolute atomic E-state index is 10.5. The first-order valence-electron chi connectivity index (χ1n) is 4.48. The van der Waals surface area contributed by atoms with Crippen molar-refractivity contribution in [2.24, 2.45) is 0 Å². The van der Waals surface area contributed by atoms with Gasteiger partial charge in [0.25, 0.3) is 0 Å². The molecule has 0 spiro atoms. The molecule has 3 nitrogen and oxygen atoms in total. The summed E-state index contributed by atoms with van der Waals surface area (Å²) < 4.78 is 4.86. The first-order valence-corrected chi connectivity index (χ1v) is 4.48. The zero-order valence-electron chi connectivity index (χ0n) is 7.88. The number of rotatable bonds is 6. The quantitative estimate of drug-likeness (QED) is 0.490. The highest BCUT2D eigenvalue weighted by Gasteiger charge is 2.09. The Morgan fingerprint density at radius 2 is 2.17 bits per heavy atom. The molecule has 1 N–H and O–H groups in total. The summed E-state index contributed by atoms with van der Waals surface area (Å²) in [5.41, 5.74) is 0. The van der Waals surface area contributed by atoms with Crippen molar-refractivity contribution < 1.29 is 14.6 Å². The fourth-order valence-electron chi connectivity index (χ4n) is 1.04. The van der Waals surface area contributed by atoms with Gasteiger partial charge in [-0.2, -0.15) is 0 Å². The van der Waals surface area contributed by atoms with Crippen molar-refractivity contribution >= 4 is 5.97 Å². The van der Waals surface area contributed by atoms with E-state index in [0.717, 1.165) is 25.7 Å². The highest BCUT2D eigenvalue weighted by atomic mass is 16.5. The topological polar surface area (TPSA) is 46.5 Å². The van der Waals surface area contributed by atoms with Gasteiger partial charge in [-0.1, -0.05) is 19.8 Å². The lowest BCUT2D eigenvalue weighted by atomic mass is 10.1. The number of aliphatic hydroxyl groups excluding tert-OH is 1. The maximum atomic E-state index is 10.5. The van der Waals surface area contributed by atoms with Gasteiger partial charge in [-0.15, -0.1) is 0 Å². The van der Waals surface area contributed by atoms with E-state index in [4.69, 9.17) is 9.84 Å². The van der Waals surface area contributed by atoms with E-state index in [0.29, 0.717) is 0 Å². The van der Waals surface area contributed by atoms with Crippen LogP contribution in [-0.2, 0) is 9.53 Å². The second-order valence-corrected chi connectivity index (χ2v) is 2.91. The fourth-order valence-corrected chi connectivity index (χ4v) is 1.04. The summed E-state index contributed by atoms with van der Waals surface area (Å²) in [5, 5.41) is 8.80. The van der Waals surface area contributed by atoms with Crippen molar-refractivity contribution in [3.8, 4) is 0 Å². The van der Waals surface area contributed by atoms with Crippen LogP contribution in [0.3, 0.4) is 0 Å². The Morgan fingerprint density at radius 1 is 1.50 bits per heavy atom. The van der Waals surface area contributed by atoms with Gasteiger partial charge < -0.3 is 9.84 Å². The summed E-state index contributed by atoms with van der Waals surface area (Å²) in [7, 11) is 0. The maximum Gasteiger partial charge on any atom is 0.302 e. The van der Waals surface area contributed by atoms with E-state index in [-0.39, 0.29) is 18.7 Å². The van der Waals surface area contributed by atoms with E-state index in [1.165, 1.54) is 6.92 Å². The van der Waals surface area contributed by atoms with Gasteiger partial charge in [0.15, 0.2) is 0 Å². The van der Waals surface area contributed by atoms with Crippen LogP contribution in [0.25, 0.3) is 0 Å². The number of hydrogen-bond donors (Lipinski definition) is 1. The molecule has 0 aromatic heterocycles. The van der Waals surface area contributed by atoms with E-state index >= 15 is 0 Å². The molecule has 0 aromatic carbocycles. The number of hydrogen-bond acceptors (Lipinski definition) is 3. The largest absolute Gasteiger partial charge is 0.460 e. The Labute approximate surface area is 73.7 Å². The minimum atomic E-state index is -0.314. The summed E-state index contributed by atoms with van der Waals surface area (Å²) in [6, 6.07) is 0. The molecule has 0 unspecified atom stereocenters. The molecule has 0 bridgehead atoms. The van der Waals surface area contributed by atoms with E-state index < -0.39 is 0 Å². The van der Waals surface area contributed by atoms with Gasteiger partial charge in [-0.25, -0.2) is 0 Å². The van der Waals surface area contributed by atoms with Crippen molar-refractivity contribution in [2.45, 2.75) is 45.6 Å². The predicted molar refractivity (Wildman–Crippen MR) is 46.8 cm³/mol. The van der Waals surface area contributed by atoms with Crippen LogP contribution in [0.15, 0.2) is 0 Å². The van der Waals surface area contributed by atoms with Crippen LogP contribution in [0.2, 0.25) is 0 Å². The van der Waals surface area contributed by atoms with Crippen LogP contribution in [0.5, 0.6) is 0 Å². The SMILES string of the molecule is CCCCC[C@@H](CO)OC(C)=O. The molecule has 0 aromatic rings. The Bertz CT molecular complexity index is 123. The van der Waals surface area contributed by atoms with Crippen LogP contribution in [0, 0.1) is 0 Å². The standard InChI is InChI=1S/C9H18O3/c1-3-4-5-6-9(7-10)12-8(2)11/h9-10H,3-7H2,1-2H3/t9-/m0/s1. The average molecular weight is 174 g/mol. The van der Waals surface area contributed by atoms with Gasteiger partial charge in [0.2, 0.25) is 0 Å². The second kappa shape index (κ2) is 7.10. The molecule has 1 atom stereocenters. The number of carbonyl (C=O) groups excluding carboxylic acids is 1. The molecule has 0 aliphatic rings. The molecular formula is C9H18O3. The number of ether oxygens (including phenoxy) is 1. The first kappa shape index (κ1) is 11.4. The average Bonchev–Trinajstić information content (AvgIpc) is 2.02. The molecule has 0 heterocycles. The lowest BCUT2D eigenvalue weighted by molar-refractivity contribution is -0.148. The van der Waals surface area contributed by atoms with E-state index in [9.17, 15) is 4.79 Å².